The molecule has 1 unspecified atom stereocenters. The summed E-state index contributed by atoms with van der Waals surface area (Å²) < 4.78 is 0. The van der Waals surface area contributed by atoms with Crippen LogP contribution in [0, 0.1) is 16.0 Å². The summed E-state index contributed by atoms with van der Waals surface area (Å²) in [6.07, 6.45) is 4.47. The van der Waals surface area contributed by atoms with Gasteiger partial charge in [0, 0.05) is 12.1 Å². The van der Waals surface area contributed by atoms with E-state index in [0.717, 1.165) is 18.8 Å². The highest BCUT2D eigenvalue weighted by molar-refractivity contribution is 5.60. The van der Waals surface area contributed by atoms with Crippen molar-refractivity contribution in [2.45, 2.75) is 38.6 Å². The summed E-state index contributed by atoms with van der Waals surface area (Å²) in [5, 5.41) is 14.2. The molecule has 0 bridgehead atoms. The monoisotopic (exact) mass is 265 g/mol. The SMILES string of the molecule is CCC(CC1CC1)Nc1nc(NN)ccc1[N+](=O)[O-]. The zero-order valence-corrected chi connectivity index (χ0v) is 10.9. The molecule has 4 N–H and O–H groups in total. The number of nitrogens with zero attached hydrogens (tertiary/aromatic N) is 2. The molecule has 0 saturated heterocycles. The molecule has 7 heteroatoms. The summed E-state index contributed by atoms with van der Waals surface area (Å²) in [5.74, 6) is 6.74. The molecule has 104 valence electrons. The lowest BCUT2D eigenvalue weighted by molar-refractivity contribution is -0.384. The molecule has 19 heavy (non-hydrogen) atoms. The summed E-state index contributed by atoms with van der Waals surface area (Å²) in [5.41, 5.74) is 2.38. The van der Waals surface area contributed by atoms with Gasteiger partial charge in [0.1, 0.15) is 5.82 Å². The van der Waals surface area contributed by atoms with Gasteiger partial charge in [-0.3, -0.25) is 10.1 Å². The van der Waals surface area contributed by atoms with Gasteiger partial charge >= 0.3 is 5.69 Å². The molecule has 7 nitrogen and oxygen atoms in total. The van der Waals surface area contributed by atoms with Gasteiger partial charge in [-0.05, 0) is 24.8 Å². The van der Waals surface area contributed by atoms with Crippen LogP contribution in [-0.2, 0) is 0 Å². The van der Waals surface area contributed by atoms with Crippen LogP contribution < -0.4 is 16.6 Å². The van der Waals surface area contributed by atoms with Crippen molar-refractivity contribution >= 4 is 17.3 Å². The summed E-state index contributed by atoms with van der Waals surface area (Å²) in [6.45, 7) is 2.07. The Labute approximate surface area is 111 Å². The molecule has 0 aromatic carbocycles. The number of hydrazine groups is 1. The quantitative estimate of drug-likeness (QED) is 0.396. The number of nitrogens with two attached hydrogens (primary N) is 1. The summed E-state index contributed by atoms with van der Waals surface area (Å²) >= 11 is 0. The van der Waals surface area contributed by atoms with Gasteiger partial charge in [-0.15, -0.1) is 0 Å². The number of nitrogen functional groups attached to an aromatic ring is 1. The Balaban J connectivity index is 2.16. The number of hydrogen-bond donors (Lipinski definition) is 3. The molecule has 1 saturated carbocycles. The third-order valence-electron chi connectivity index (χ3n) is 3.37. The van der Waals surface area contributed by atoms with E-state index < -0.39 is 4.92 Å². The van der Waals surface area contributed by atoms with Crippen molar-refractivity contribution in [3.8, 4) is 0 Å². The number of pyridine rings is 1. The molecule has 1 atom stereocenters. The first kappa shape index (κ1) is 13.5. The van der Waals surface area contributed by atoms with Crippen molar-refractivity contribution in [1.29, 1.82) is 0 Å². The first-order valence-corrected chi connectivity index (χ1v) is 6.52. The third kappa shape index (κ3) is 3.54. The topological polar surface area (TPSA) is 106 Å². The van der Waals surface area contributed by atoms with Crippen LogP contribution in [0.4, 0.5) is 17.3 Å². The van der Waals surface area contributed by atoms with Crippen LogP contribution in [0.25, 0.3) is 0 Å². The van der Waals surface area contributed by atoms with Crippen molar-refractivity contribution in [1.82, 2.24) is 4.98 Å². The predicted octanol–water partition coefficient (Wildman–Crippen LogP) is 2.27. The van der Waals surface area contributed by atoms with E-state index >= 15 is 0 Å². The first-order chi connectivity index (χ1) is 9.13. The van der Waals surface area contributed by atoms with Gasteiger partial charge in [0.15, 0.2) is 0 Å². The number of nitro groups is 1. The molecule has 0 amide bonds. The second-order valence-corrected chi connectivity index (χ2v) is 4.89. The Morgan fingerprint density at radius 1 is 1.58 bits per heavy atom. The summed E-state index contributed by atoms with van der Waals surface area (Å²) in [7, 11) is 0. The molecule has 1 fully saturated rings. The molecule has 1 aromatic heterocycles. The van der Waals surface area contributed by atoms with E-state index in [-0.39, 0.29) is 17.5 Å². The summed E-state index contributed by atoms with van der Waals surface area (Å²) in [4.78, 5) is 14.7. The number of hydrogen-bond acceptors (Lipinski definition) is 6. The fourth-order valence-electron chi connectivity index (χ4n) is 2.06. The third-order valence-corrected chi connectivity index (χ3v) is 3.37. The molecular formula is C12H19N5O2. The Bertz CT molecular complexity index is 461. The maximum atomic E-state index is 11.0. The lowest BCUT2D eigenvalue weighted by Crippen LogP contribution is -2.21. The molecule has 1 aliphatic carbocycles. The van der Waals surface area contributed by atoms with Gasteiger partial charge < -0.3 is 10.7 Å². The van der Waals surface area contributed by atoms with Crippen LogP contribution in [0.1, 0.15) is 32.6 Å². The average Bonchev–Trinajstić information content (AvgIpc) is 3.21. The van der Waals surface area contributed by atoms with Gasteiger partial charge in [0.25, 0.3) is 0 Å². The van der Waals surface area contributed by atoms with Crippen LogP contribution in [-0.4, -0.2) is 15.9 Å². The highest BCUT2D eigenvalue weighted by atomic mass is 16.6. The Kier molecular flexibility index (Phi) is 4.16. The maximum Gasteiger partial charge on any atom is 0.311 e. The van der Waals surface area contributed by atoms with E-state index in [1.165, 1.54) is 25.0 Å². The molecule has 2 rings (SSSR count). The molecular weight excluding hydrogens is 246 g/mol. The van der Waals surface area contributed by atoms with Crippen molar-refractivity contribution in [3.05, 3.63) is 22.2 Å². The molecule has 0 radical (unpaired) electrons. The van der Waals surface area contributed by atoms with Gasteiger partial charge in [0.2, 0.25) is 5.82 Å². The van der Waals surface area contributed by atoms with E-state index in [2.05, 4.69) is 22.7 Å². The zero-order chi connectivity index (χ0) is 13.8. The maximum absolute atomic E-state index is 11.0. The molecule has 1 aliphatic rings. The van der Waals surface area contributed by atoms with Gasteiger partial charge in [-0.1, -0.05) is 19.8 Å². The average molecular weight is 265 g/mol. The number of rotatable bonds is 7. The van der Waals surface area contributed by atoms with E-state index in [1.807, 2.05) is 0 Å². The van der Waals surface area contributed by atoms with Crippen molar-refractivity contribution in [2.75, 3.05) is 10.7 Å². The fourth-order valence-corrected chi connectivity index (χ4v) is 2.06. The first-order valence-electron chi connectivity index (χ1n) is 6.52. The van der Waals surface area contributed by atoms with E-state index in [0.29, 0.717) is 5.82 Å². The van der Waals surface area contributed by atoms with Gasteiger partial charge in [-0.25, -0.2) is 10.8 Å². The smallest absolute Gasteiger partial charge is 0.311 e. The Hall–Kier alpha value is -1.89. The second kappa shape index (κ2) is 5.83. The van der Waals surface area contributed by atoms with Gasteiger partial charge in [-0.2, -0.15) is 0 Å². The minimum absolute atomic E-state index is 0.0201. The van der Waals surface area contributed by atoms with Crippen LogP contribution in [0.5, 0.6) is 0 Å². The minimum Gasteiger partial charge on any atom is -0.362 e. The van der Waals surface area contributed by atoms with Crippen LogP contribution in [0.2, 0.25) is 0 Å². The number of anilines is 2. The van der Waals surface area contributed by atoms with Gasteiger partial charge in [0.05, 0.1) is 4.92 Å². The Morgan fingerprint density at radius 2 is 2.32 bits per heavy atom. The molecule has 0 aliphatic heterocycles. The standard InChI is InChI=1S/C12H19N5O2/c1-2-9(7-8-3-4-8)14-12-10(17(18)19)5-6-11(15-12)16-13/h5-6,8-9H,2-4,7,13H2,1H3,(H2,14,15,16). The van der Waals surface area contributed by atoms with Crippen LogP contribution >= 0.6 is 0 Å². The Morgan fingerprint density at radius 3 is 2.84 bits per heavy atom. The predicted molar refractivity (Wildman–Crippen MR) is 73.7 cm³/mol. The minimum atomic E-state index is -0.431. The van der Waals surface area contributed by atoms with E-state index in [9.17, 15) is 10.1 Å². The van der Waals surface area contributed by atoms with Crippen molar-refractivity contribution in [2.24, 2.45) is 11.8 Å². The van der Waals surface area contributed by atoms with Crippen molar-refractivity contribution in [3.63, 3.8) is 0 Å². The molecule has 1 aromatic rings. The van der Waals surface area contributed by atoms with Crippen LogP contribution in [0.3, 0.4) is 0 Å². The molecule has 1 heterocycles. The lowest BCUT2D eigenvalue weighted by atomic mass is 10.1. The highest BCUT2D eigenvalue weighted by Crippen LogP contribution is 2.35. The number of nitrogens with one attached hydrogen (secondary N) is 2. The molecule has 0 spiro atoms. The van der Waals surface area contributed by atoms with E-state index in [4.69, 9.17) is 5.84 Å². The normalized spacial score (nSPS) is 15.9. The van der Waals surface area contributed by atoms with Crippen molar-refractivity contribution < 1.29 is 4.92 Å². The fraction of sp³-hybridized carbons (Fsp3) is 0.583. The van der Waals surface area contributed by atoms with E-state index in [1.54, 1.807) is 0 Å². The lowest BCUT2D eigenvalue weighted by Gasteiger charge is -2.17. The highest BCUT2D eigenvalue weighted by Gasteiger charge is 2.26. The number of aromatic nitrogens is 1. The second-order valence-electron chi connectivity index (χ2n) is 4.89. The largest absolute Gasteiger partial charge is 0.362 e. The van der Waals surface area contributed by atoms with Crippen LogP contribution in [0.15, 0.2) is 12.1 Å². The zero-order valence-electron chi connectivity index (χ0n) is 10.9. The summed E-state index contributed by atoms with van der Waals surface area (Å²) in [6, 6.07) is 3.12.